The van der Waals surface area contributed by atoms with Crippen molar-refractivity contribution in [1.82, 2.24) is 4.90 Å². The van der Waals surface area contributed by atoms with Crippen molar-refractivity contribution in [2.45, 2.75) is 19.8 Å². The Labute approximate surface area is 125 Å². The molecule has 2 rings (SSSR count). The zero-order valence-corrected chi connectivity index (χ0v) is 12.6. The van der Waals surface area contributed by atoms with Gasteiger partial charge in [-0.05, 0) is 44.5 Å². The molecule has 0 bridgehead atoms. The smallest absolute Gasteiger partial charge is 0.238 e. The van der Waals surface area contributed by atoms with Gasteiger partial charge in [0.15, 0.2) is 0 Å². The van der Waals surface area contributed by atoms with Crippen molar-refractivity contribution in [1.29, 1.82) is 0 Å². The predicted molar refractivity (Wildman–Crippen MR) is 85.8 cm³/mol. The van der Waals surface area contributed by atoms with E-state index in [4.69, 9.17) is 18.0 Å². The molecule has 1 fully saturated rings. The second-order valence-corrected chi connectivity index (χ2v) is 5.79. The van der Waals surface area contributed by atoms with Crippen LogP contribution in [-0.4, -0.2) is 35.4 Å². The molecule has 0 spiro atoms. The number of piperidine rings is 1. The normalized spacial score (nSPS) is 16.9. The van der Waals surface area contributed by atoms with Crippen molar-refractivity contribution >= 4 is 28.8 Å². The number of nitrogens with two attached hydrogens (primary N) is 1. The molecule has 0 aromatic heterocycles. The van der Waals surface area contributed by atoms with Crippen LogP contribution in [0.3, 0.4) is 0 Å². The van der Waals surface area contributed by atoms with Gasteiger partial charge in [0.1, 0.15) is 0 Å². The van der Waals surface area contributed by atoms with E-state index in [0.717, 1.165) is 37.2 Å². The van der Waals surface area contributed by atoms with Crippen LogP contribution in [0.1, 0.15) is 18.4 Å². The minimum atomic E-state index is 0.0353. The zero-order chi connectivity index (χ0) is 14.5. The van der Waals surface area contributed by atoms with Gasteiger partial charge in [-0.25, -0.2) is 0 Å². The van der Waals surface area contributed by atoms with Crippen molar-refractivity contribution in [2.75, 3.05) is 25.0 Å². The van der Waals surface area contributed by atoms with Crippen LogP contribution < -0.4 is 11.1 Å². The maximum absolute atomic E-state index is 12.0. The number of thiocarbonyl (C=S) groups is 1. The highest BCUT2D eigenvalue weighted by atomic mass is 32.1. The fraction of sp³-hybridized carbons (Fsp3) is 0.467. The van der Waals surface area contributed by atoms with Crippen LogP contribution in [0.15, 0.2) is 24.3 Å². The number of nitrogens with one attached hydrogen (secondary N) is 1. The lowest BCUT2D eigenvalue weighted by Gasteiger charge is -2.30. The Morgan fingerprint density at radius 3 is 2.65 bits per heavy atom. The average molecular weight is 291 g/mol. The van der Waals surface area contributed by atoms with Gasteiger partial charge >= 0.3 is 0 Å². The minimum absolute atomic E-state index is 0.0353. The highest BCUT2D eigenvalue weighted by molar-refractivity contribution is 7.80. The molecule has 0 unspecified atom stereocenters. The Kier molecular flexibility index (Phi) is 5.09. The van der Waals surface area contributed by atoms with Crippen molar-refractivity contribution in [3.8, 4) is 0 Å². The first-order chi connectivity index (χ1) is 9.56. The molecule has 1 saturated heterocycles. The first-order valence-electron chi connectivity index (χ1n) is 6.93. The summed E-state index contributed by atoms with van der Waals surface area (Å²) in [5.74, 6) is 0.369. The molecule has 5 heteroatoms. The number of hydrogen-bond acceptors (Lipinski definition) is 3. The van der Waals surface area contributed by atoms with Crippen molar-refractivity contribution in [3.05, 3.63) is 29.8 Å². The summed E-state index contributed by atoms with van der Waals surface area (Å²) < 4.78 is 0. The van der Waals surface area contributed by atoms with E-state index in [2.05, 4.69) is 10.2 Å². The van der Waals surface area contributed by atoms with Crippen LogP contribution in [0.25, 0.3) is 0 Å². The first kappa shape index (κ1) is 14.9. The lowest BCUT2D eigenvalue weighted by atomic mass is 9.97. The molecule has 4 nitrogen and oxygen atoms in total. The summed E-state index contributed by atoms with van der Waals surface area (Å²) in [7, 11) is 0. The van der Waals surface area contributed by atoms with Crippen LogP contribution >= 0.6 is 12.2 Å². The number of carbonyl (C=O) groups is 1. The van der Waals surface area contributed by atoms with E-state index in [-0.39, 0.29) is 5.91 Å². The van der Waals surface area contributed by atoms with E-state index < -0.39 is 0 Å². The topological polar surface area (TPSA) is 58.4 Å². The van der Waals surface area contributed by atoms with Gasteiger partial charge in [0.05, 0.1) is 11.5 Å². The molecule has 3 N–H and O–H groups in total. The number of likely N-dealkylation sites (tertiary alicyclic amines) is 1. The minimum Gasteiger partial charge on any atom is -0.393 e. The first-order valence-corrected chi connectivity index (χ1v) is 7.34. The second-order valence-electron chi connectivity index (χ2n) is 5.32. The summed E-state index contributed by atoms with van der Waals surface area (Å²) in [6.45, 7) is 4.17. The largest absolute Gasteiger partial charge is 0.393 e. The molecular weight excluding hydrogens is 270 g/mol. The number of amides is 1. The van der Waals surface area contributed by atoms with Crippen LogP contribution in [0.5, 0.6) is 0 Å². The maximum atomic E-state index is 12.0. The SMILES string of the molecule is Cc1ccccc1NC(=O)CN1CCC(C(N)=S)CC1. The number of nitrogens with zero attached hydrogens (tertiary/aromatic N) is 1. The maximum Gasteiger partial charge on any atom is 0.238 e. The molecule has 1 aliphatic heterocycles. The van der Waals surface area contributed by atoms with Gasteiger partial charge in [0, 0.05) is 11.6 Å². The van der Waals surface area contributed by atoms with Crippen LogP contribution in [0.4, 0.5) is 5.69 Å². The average Bonchev–Trinajstić information content (AvgIpc) is 2.42. The third kappa shape index (κ3) is 4.02. The van der Waals surface area contributed by atoms with E-state index in [1.54, 1.807) is 0 Å². The number of anilines is 1. The van der Waals surface area contributed by atoms with Gasteiger partial charge < -0.3 is 11.1 Å². The number of hydrogen-bond donors (Lipinski definition) is 2. The second kappa shape index (κ2) is 6.81. The molecule has 1 heterocycles. The summed E-state index contributed by atoms with van der Waals surface area (Å²) in [5, 5.41) is 2.96. The Bertz CT molecular complexity index is 496. The molecule has 0 saturated carbocycles. The number of carbonyl (C=O) groups excluding carboxylic acids is 1. The Hall–Kier alpha value is -1.46. The molecule has 1 aromatic carbocycles. The van der Waals surface area contributed by atoms with E-state index in [0.29, 0.717) is 17.5 Å². The monoisotopic (exact) mass is 291 g/mol. The van der Waals surface area contributed by atoms with Crippen LogP contribution in [0.2, 0.25) is 0 Å². The van der Waals surface area contributed by atoms with Gasteiger partial charge in [-0.1, -0.05) is 30.4 Å². The van der Waals surface area contributed by atoms with E-state index in [1.807, 2.05) is 31.2 Å². The van der Waals surface area contributed by atoms with E-state index in [9.17, 15) is 4.79 Å². The molecule has 20 heavy (non-hydrogen) atoms. The summed E-state index contributed by atoms with van der Waals surface area (Å²) in [6, 6.07) is 7.80. The Balaban J connectivity index is 1.81. The summed E-state index contributed by atoms with van der Waals surface area (Å²) in [4.78, 5) is 14.8. The van der Waals surface area contributed by atoms with Gasteiger partial charge in [0.2, 0.25) is 5.91 Å². The van der Waals surface area contributed by atoms with E-state index >= 15 is 0 Å². The van der Waals surface area contributed by atoms with Crippen molar-refractivity contribution in [3.63, 3.8) is 0 Å². The van der Waals surface area contributed by atoms with E-state index in [1.165, 1.54) is 0 Å². The quantitative estimate of drug-likeness (QED) is 0.832. The lowest BCUT2D eigenvalue weighted by Crippen LogP contribution is -2.41. The van der Waals surface area contributed by atoms with Crippen molar-refractivity contribution < 1.29 is 4.79 Å². The number of aryl methyl sites for hydroxylation is 1. The van der Waals surface area contributed by atoms with Gasteiger partial charge in [-0.3, -0.25) is 9.69 Å². The lowest BCUT2D eigenvalue weighted by molar-refractivity contribution is -0.117. The van der Waals surface area contributed by atoms with Crippen LogP contribution in [-0.2, 0) is 4.79 Å². The number of benzene rings is 1. The van der Waals surface area contributed by atoms with Crippen LogP contribution in [0, 0.1) is 12.8 Å². The zero-order valence-electron chi connectivity index (χ0n) is 11.8. The van der Waals surface area contributed by atoms with Gasteiger partial charge in [-0.2, -0.15) is 0 Å². The highest BCUT2D eigenvalue weighted by Crippen LogP contribution is 2.18. The number of para-hydroxylation sites is 1. The third-order valence-electron chi connectivity index (χ3n) is 3.78. The standard InChI is InChI=1S/C15H21N3OS/c1-11-4-2-3-5-13(11)17-14(19)10-18-8-6-12(7-9-18)15(16)20/h2-5,12H,6-10H2,1H3,(H2,16,20)(H,17,19). The summed E-state index contributed by atoms with van der Waals surface area (Å²) in [5.41, 5.74) is 7.63. The highest BCUT2D eigenvalue weighted by Gasteiger charge is 2.22. The molecule has 1 aromatic rings. The third-order valence-corrected chi connectivity index (χ3v) is 4.11. The van der Waals surface area contributed by atoms with Gasteiger partial charge in [0.25, 0.3) is 0 Å². The molecule has 1 amide bonds. The summed E-state index contributed by atoms with van der Waals surface area (Å²) in [6.07, 6.45) is 1.90. The van der Waals surface area contributed by atoms with Crippen molar-refractivity contribution in [2.24, 2.45) is 11.7 Å². The molecule has 0 atom stereocenters. The molecular formula is C15H21N3OS. The Morgan fingerprint density at radius 1 is 1.40 bits per heavy atom. The molecule has 0 radical (unpaired) electrons. The summed E-state index contributed by atoms with van der Waals surface area (Å²) >= 11 is 5.02. The molecule has 108 valence electrons. The predicted octanol–water partition coefficient (Wildman–Crippen LogP) is 1.93. The molecule has 0 aliphatic carbocycles. The fourth-order valence-electron chi connectivity index (χ4n) is 2.48. The molecule has 1 aliphatic rings. The number of rotatable bonds is 4. The Morgan fingerprint density at radius 2 is 2.05 bits per heavy atom. The fourth-order valence-corrected chi connectivity index (χ4v) is 2.72. The van der Waals surface area contributed by atoms with Gasteiger partial charge in [-0.15, -0.1) is 0 Å².